The van der Waals surface area contributed by atoms with Crippen molar-refractivity contribution in [3.63, 3.8) is 0 Å². The van der Waals surface area contributed by atoms with E-state index >= 15 is 0 Å². The first-order valence-corrected chi connectivity index (χ1v) is 8.41. The van der Waals surface area contributed by atoms with E-state index in [1.165, 1.54) is 0 Å². The molecule has 2 N–H and O–H groups in total. The molecule has 132 valence electrons. The highest BCUT2D eigenvalue weighted by Gasteiger charge is 2.09. The summed E-state index contributed by atoms with van der Waals surface area (Å²) in [6, 6.07) is 8.46. The molecule has 2 aromatic rings. The minimum atomic E-state index is -0.558. The number of anilines is 1. The van der Waals surface area contributed by atoms with Gasteiger partial charge < -0.3 is 10.6 Å². The van der Waals surface area contributed by atoms with Gasteiger partial charge in [-0.15, -0.1) is 0 Å². The summed E-state index contributed by atoms with van der Waals surface area (Å²) in [5, 5.41) is 5.13. The van der Waals surface area contributed by atoms with E-state index < -0.39 is 17.5 Å². The molecule has 0 saturated heterocycles. The van der Waals surface area contributed by atoms with E-state index in [2.05, 4.69) is 26.6 Å². The number of rotatable bonds is 6. The van der Waals surface area contributed by atoms with Gasteiger partial charge in [0.1, 0.15) is 11.6 Å². The predicted octanol–water partition coefficient (Wildman–Crippen LogP) is 3.72. The predicted molar refractivity (Wildman–Crippen MR) is 95.2 cm³/mol. The molecule has 0 aliphatic rings. The minimum Gasteiger partial charge on any atom is -0.347 e. The van der Waals surface area contributed by atoms with Gasteiger partial charge in [-0.25, -0.2) is 8.78 Å². The van der Waals surface area contributed by atoms with Gasteiger partial charge in [0.05, 0.1) is 6.54 Å². The molecule has 0 saturated carbocycles. The largest absolute Gasteiger partial charge is 0.347 e. The molecule has 0 heterocycles. The number of hydrogen-bond donors (Lipinski definition) is 2. The van der Waals surface area contributed by atoms with Crippen LogP contribution in [0, 0.1) is 18.6 Å². The molecule has 2 aromatic carbocycles. The zero-order valence-electron chi connectivity index (χ0n) is 13.5. The van der Waals surface area contributed by atoms with Crippen molar-refractivity contribution in [1.82, 2.24) is 5.32 Å². The van der Waals surface area contributed by atoms with Gasteiger partial charge in [0.2, 0.25) is 11.8 Å². The van der Waals surface area contributed by atoms with Crippen molar-refractivity contribution < 1.29 is 18.4 Å². The Bertz CT molecular complexity index is 797. The number of carbonyl (C=O) groups excluding carboxylic acids is 2. The third-order valence-electron chi connectivity index (χ3n) is 3.52. The molecule has 0 aromatic heterocycles. The van der Waals surface area contributed by atoms with Crippen LogP contribution in [0.4, 0.5) is 14.5 Å². The molecule has 7 heteroatoms. The number of amides is 2. The Morgan fingerprint density at radius 2 is 1.84 bits per heavy atom. The van der Waals surface area contributed by atoms with Crippen LogP contribution in [0.5, 0.6) is 0 Å². The molecule has 0 radical (unpaired) electrons. The zero-order chi connectivity index (χ0) is 18.4. The third kappa shape index (κ3) is 5.94. The van der Waals surface area contributed by atoms with Crippen molar-refractivity contribution in [3.05, 3.63) is 63.6 Å². The third-order valence-corrected chi connectivity index (χ3v) is 4.41. The van der Waals surface area contributed by atoms with E-state index in [0.29, 0.717) is 5.69 Å². The second kappa shape index (κ2) is 8.71. The molecule has 0 unspecified atom stereocenters. The van der Waals surface area contributed by atoms with Crippen LogP contribution in [0.3, 0.4) is 0 Å². The average molecular weight is 411 g/mol. The first-order valence-electron chi connectivity index (χ1n) is 7.62. The fourth-order valence-electron chi connectivity index (χ4n) is 2.18. The summed E-state index contributed by atoms with van der Waals surface area (Å²) in [6.45, 7) is 1.70. The Balaban J connectivity index is 1.78. The number of aryl methyl sites for hydroxylation is 2. The van der Waals surface area contributed by atoms with Crippen molar-refractivity contribution in [2.24, 2.45) is 0 Å². The van der Waals surface area contributed by atoms with E-state index in [-0.39, 0.29) is 30.9 Å². The SMILES string of the molecule is Cc1cc(NC(=O)CNC(=O)CCc2cc(F)ccc2F)ccc1Br. The lowest BCUT2D eigenvalue weighted by molar-refractivity contribution is -0.124. The Kier molecular flexibility index (Phi) is 6.64. The van der Waals surface area contributed by atoms with Crippen molar-refractivity contribution in [3.8, 4) is 0 Å². The Hall–Kier alpha value is -2.28. The van der Waals surface area contributed by atoms with E-state index in [1.54, 1.807) is 12.1 Å². The maximum atomic E-state index is 13.5. The first kappa shape index (κ1) is 19.1. The quantitative estimate of drug-likeness (QED) is 0.762. The molecule has 0 atom stereocenters. The van der Waals surface area contributed by atoms with Gasteiger partial charge in [-0.3, -0.25) is 9.59 Å². The molecule has 2 rings (SSSR count). The molecule has 0 spiro atoms. The average Bonchev–Trinajstić information content (AvgIpc) is 2.57. The molecular weight excluding hydrogens is 394 g/mol. The lowest BCUT2D eigenvalue weighted by Crippen LogP contribution is -2.33. The normalized spacial score (nSPS) is 10.4. The van der Waals surface area contributed by atoms with Crippen LogP contribution in [0.1, 0.15) is 17.5 Å². The maximum Gasteiger partial charge on any atom is 0.243 e. The van der Waals surface area contributed by atoms with E-state index in [1.807, 2.05) is 13.0 Å². The van der Waals surface area contributed by atoms with Gasteiger partial charge in [-0.1, -0.05) is 15.9 Å². The summed E-state index contributed by atoms with van der Waals surface area (Å²) in [7, 11) is 0. The number of halogens is 3. The second-order valence-corrected chi connectivity index (χ2v) is 6.38. The van der Waals surface area contributed by atoms with Crippen LogP contribution < -0.4 is 10.6 Å². The minimum absolute atomic E-state index is 0.0367. The molecule has 0 bridgehead atoms. The molecule has 0 aliphatic carbocycles. The van der Waals surface area contributed by atoms with Gasteiger partial charge >= 0.3 is 0 Å². The van der Waals surface area contributed by atoms with Crippen molar-refractivity contribution >= 4 is 33.4 Å². The Labute approximate surface area is 152 Å². The van der Waals surface area contributed by atoms with Gasteiger partial charge in [0, 0.05) is 16.6 Å². The molecule has 0 aliphatic heterocycles. The van der Waals surface area contributed by atoms with Crippen LogP contribution in [0.2, 0.25) is 0 Å². The highest BCUT2D eigenvalue weighted by Crippen LogP contribution is 2.19. The zero-order valence-corrected chi connectivity index (χ0v) is 15.1. The summed E-state index contributed by atoms with van der Waals surface area (Å²) >= 11 is 3.37. The van der Waals surface area contributed by atoms with Crippen molar-refractivity contribution in [1.29, 1.82) is 0 Å². The van der Waals surface area contributed by atoms with Gasteiger partial charge in [0.15, 0.2) is 0 Å². The van der Waals surface area contributed by atoms with Gasteiger partial charge in [0.25, 0.3) is 0 Å². The van der Waals surface area contributed by atoms with E-state index in [0.717, 1.165) is 28.2 Å². The highest BCUT2D eigenvalue weighted by molar-refractivity contribution is 9.10. The number of hydrogen-bond acceptors (Lipinski definition) is 2. The van der Waals surface area contributed by atoms with Crippen molar-refractivity contribution in [2.45, 2.75) is 19.8 Å². The molecule has 25 heavy (non-hydrogen) atoms. The van der Waals surface area contributed by atoms with Gasteiger partial charge in [-0.2, -0.15) is 0 Å². The Morgan fingerprint density at radius 3 is 2.56 bits per heavy atom. The monoisotopic (exact) mass is 410 g/mol. The highest BCUT2D eigenvalue weighted by atomic mass is 79.9. The fourth-order valence-corrected chi connectivity index (χ4v) is 2.42. The molecule has 4 nitrogen and oxygen atoms in total. The van der Waals surface area contributed by atoms with E-state index in [9.17, 15) is 18.4 Å². The van der Waals surface area contributed by atoms with Crippen LogP contribution in [-0.4, -0.2) is 18.4 Å². The Morgan fingerprint density at radius 1 is 1.08 bits per heavy atom. The van der Waals surface area contributed by atoms with Gasteiger partial charge in [-0.05, 0) is 60.9 Å². The molecule has 0 fully saturated rings. The number of nitrogens with one attached hydrogen (secondary N) is 2. The number of carbonyl (C=O) groups is 2. The topological polar surface area (TPSA) is 58.2 Å². The van der Waals surface area contributed by atoms with E-state index in [4.69, 9.17) is 0 Å². The molecule has 2 amide bonds. The smallest absolute Gasteiger partial charge is 0.243 e. The fraction of sp³-hybridized carbons (Fsp3) is 0.222. The number of benzene rings is 2. The lowest BCUT2D eigenvalue weighted by atomic mass is 10.1. The van der Waals surface area contributed by atoms with Crippen LogP contribution in [0.15, 0.2) is 40.9 Å². The lowest BCUT2D eigenvalue weighted by Gasteiger charge is -2.09. The summed E-state index contributed by atoms with van der Waals surface area (Å²) in [4.78, 5) is 23.6. The van der Waals surface area contributed by atoms with Crippen LogP contribution in [0.25, 0.3) is 0 Å². The summed E-state index contributed by atoms with van der Waals surface area (Å²) in [5.41, 5.74) is 1.73. The standard InChI is InChI=1S/C18H17BrF2N2O2/c1-11-8-14(4-5-15(11)19)23-18(25)10-22-17(24)7-2-12-9-13(20)3-6-16(12)21/h3-6,8-9H,2,7,10H2,1H3,(H,22,24)(H,23,25). The maximum absolute atomic E-state index is 13.5. The van der Waals surface area contributed by atoms with Crippen molar-refractivity contribution in [2.75, 3.05) is 11.9 Å². The van der Waals surface area contributed by atoms with Crippen LogP contribution >= 0.6 is 15.9 Å². The summed E-state index contributed by atoms with van der Waals surface area (Å²) < 4.78 is 27.5. The first-order chi connectivity index (χ1) is 11.8. The summed E-state index contributed by atoms with van der Waals surface area (Å²) in [6.07, 6.45) is 0.0218. The summed E-state index contributed by atoms with van der Waals surface area (Å²) in [5.74, 6) is -1.89. The van der Waals surface area contributed by atoms with Crippen LogP contribution in [-0.2, 0) is 16.0 Å². The molecular formula is C18H17BrF2N2O2. The second-order valence-electron chi connectivity index (χ2n) is 5.52.